The van der Waals surface area contributed by atoms with E-state index in [-0.39, 0.29) is 11.3 Å². The van der Waals surface area contributed by atoms with Crippen molar-refractivity contribution in [3.63, 3.8) is 0 Å². The number of allylic oxidation sites excluding steroid dienone is 2. The Hall–Kier alpha value is -4.10. The number of nitro groups is 1. The number of halogens is 1. The summed E-state index contributed by atoms with van der Waals surface area (Å²) in [5.41, 5.74) is 0.526. The molecule has 2 saturated heterocycles. The molecule has 2 amide bonds. The van der Waals surface area contributed by atoms with Crippen molar-refractivity contribution in [2.45, 2.75) is 12.1 Å². The van der Waals surface area contributed by atoms with Crippen LogP contribution in [-0.2, 0) is 9.59 Å². The fraction of sp³-hybridized carbons (Fsp3) is 0.167. The minimum Gasteiger partial charge on any atom is -0.359 e. The van der Waals surface area contributed by atoms with Crippen LogP contribution in [-0.4, -0.2) is 39.5 Å². The molecule has 2 aromatic carbocycles. The number of Topliss-reactive ketones (excluding diaryl/α,β-unsaturated/α-hetero) is 1. The zero-order valence-corrected chi connectivity index (χ0v) is 19.0. The number of hydrogen-bond donors (Lipinski definition) is 0. The molecular weight excluding hydrogens is 504 g/mol. The highest BCUT2D eigenvalue weighted by atomic mass is 79.9. The van der Waals surface area contributed by atoms with Crippen LogP contribution in [0.2, 0.25) is 0 Å². The molecule has 3 aliphatic heterocycles. The van der Waals surface area contributed by atoms with Crippen molar-refractivity contribution >= 4 is 44.9 Å². The minimum absolute atomic E-state index is 0.0724. The number of hydrogen-bond acceptors (Lipinski definition) is 7. The number of carbonyl (C=O) groups is 3. The molecule has 0 aliphatic carbocycles. The summed E-state index contributed by atoms with van der Waals surface area (Å²) >= 11 is 3.35. The van der Waals surface area contributed by atoms with E-state index in [4.69, 9.17) is 0 Å². The quantitative estimate of drug-likeness (QED) is 0.263. The number of non-ortho nitro benzene ring substituents is 1. The number of amides is 2. The molecule has 34 heavy (non-hydrogen) atoms. The molecule has 5 rings (SSSR count). The molecule has 0 spiro atoms. The third-order valence-electron chi connectivity index (χ3n) is 6.35. The standard InChI is InChI=1S/C24H15BrN4O5/c25-15-4-2-5-16(11-15)28-23(31)19-18-9-13(12-26)7-8-27(18)21(20(19)24(28)32)22(30)14-3-1-6-17(10-14)29(33)34/h1-11,18-21H/t18-,19-,20+,21-/m1/s1. The second-order valence-electron chi connectivity index (χ2n) is 8.15. The number of anilines is 1. The van der Waals surface area contributed by atoms with Crippen LogP contribution in [0.3, 0.4) is 0 Å². The zero-order chi connectivity index (χ0) is 24.1. The topological polar surface area (TPSA) is 125 Å². The number of fused-ring (bicyclic) bond motifs is 3. The van der Waals surface area contributed by atoms with Crippen LogP contribution in [0.15, 0.2) is 76.9 Å². The summed E-state index contributed by atoms with van der Waals surface area (Å²) < 4.78 is 0.681. The number of benzene rings is 2. The molecule has 3 aliphatic rings. The molecule has 0 saturated carbocycles. The largest absolute Gasteiger partial charge is 0.359 e. The average Bonchev–Trinajstić information content (AvgIpc) is 3.30. The van der Waals surface area contributed by atoms with Crippen molar-refractivity contribution in [2.75, 3.05) is 4.90 Å². The Labute approximate surface area is 201 Å². The van der Waals surface area contributed by atoms with Crippen LogP contribution in [0.25, 0.3) is 0 Å². The fourth-order valence-corrected chi connectivity index (χ4v) is 5.32. The van der Waals surface area contributed by atoms with Gasteiger partial charge in [-0.3, -0.25) is 24.5 Å². The lowest BCUT2D eigenvalue weighted by molar-refractivity contribution is -0.384. The number of ketones is 1. The first-order valence-electron chi connectivity index (χ1n) is 10.3. The maximum absolute atomic E-state index is 13.6. The van der Waals surface area contributed by atoms with Crippen LogP contribution >= 0.6 is 15.9 Å². The molecule has 0 N–H and O–H groups in total. The Balaban J connectivity index is 1.61. The van der Waals surface area contributed by atoms with E-state index in [2.05, 4.69) is 15.9 Å². The highest BCUT2D eigenvalue weighted by Crippen LogP contribution is 2.47. The van der Waals surface area contributed by atoms with Gasteiger partial charge in [-0.1, -0.05) is 34.1 Å². The molecule has 0 bridgehead atoms. The molecule has 168 valence electrons. The van der Waals surface area contributed by atoms with E-state index in [1.165, 1.54) is 30.3 Å². The van der Waals surface area contributed by atoms with Gasteiger partial charge in [0.15, 0.2) is 5.78 Å². The van der Waals surface area contributed by atoms with Crippen LogP contribution in [0.1, 0.15) is 10.4 Å². The number of rotatable bonds is 4. The van der Waals surface area contributed by atoms with Gasteiger partial charge in [0, 0.05) is 28.4 Å². The average molecular weight is 519 g/mol. The van der Waals surface area contributed by atoms with Crippen molar-refractivity contribution in [2.24, 2.45) is 11.8 Å². The van der Waals surface area contributed by atoms with Crippen molar-refractivity contribution in [1.29, 1.82) is 5.26 Å². The predicted molar refractivity (Wildman–Crippen MR) is 123 cm³/mol. The normalized spacial score (nSPS) is 25.0. The number of nitriles is 1. The van der Waals surface area contributed by atoms with Gasteiger partial charge < -0.3 is 4.90 Å². The zero-order valence-electron chi connectivity index (χ0n) is 17.4. The maximum atomic E-state index is 13.6. The first kappa shape index (κ1) is 21.7. The highest BCUT2D eigenvalue weighted by molar-refractivity contribution is 9.10. The monoisotopic (exact) mass is 518 g/mol. The van der Waals surface area contributed by atoms with Crippen molar-refractivity contribution < 1.29 is 19.3 Å². The van der Waals surface area contributed by atoms with Crippen LogP contribution < -0.4 is 4.90 Å². The Bertz CT molecular complexity index is 1380. The lowest BCUT2D eigenvalue weighted by Crippen LogP contribution is -2.46. The molecule has 0 aromatic heterocycles. The molecular formula is C24H15BrN4O5. The Morgan fingerprint density at radius 1 is 1.09 bits per heavy atom. The highest BCUT2D eigenvalue weighted by Gasteiger charge is 2.63. The maximum Gasteiger partial charge on any atom is 0.270 e. The van der Waals surface area contributed by atoms with Crippen LogP contribution in [0.5, 0.6) is 0 Å². The summed E-state index contributed by atoms with van der Waals surface area (Å²) in [7, 11) is 0. The van der Waals surface area contributed by atoms with Gasteiger partial charge in [0.2, 0.25) is 11.8 Å². The van der Waals surface area contributed by atoms with E-state index in [0.29, 0.717) is 15.7 Å². The molecule has 9 nitrogen and oxygen atoms in total. The van der Waals surface area contributed by atoms with E-state index >= 15 is 0 Å². The minimum atomic E-state index is -1.06. The number of nitro benzene ring substituents is 1. The molecule has 2 fully saturated rings. The van der Waals surface area contributed by atoms with E-state index < -0.39 is 46.4 Å². The van der Waals surface area contributed by atoms with Crippen molar-refractivity contribution in [1.82, 2.24) is 4.90 Å². The van der Waals surface area contributed by atoms with Crippen molar-refractivity contribution in [3.05, 3.63) is 92.6 Å². The van der Waals surface area contributed by atoms with E-state index in [1.807, 2.05) is 6.07 Å². The number of nitrogens with zero attached hydrogens (tertiary/aromatic N) is 4. The smallest absolute Gasteiger partial charge is 0.270 e. The van der Waals surface area contributed by atoms with Gasteiger partial charge in [-0.15, -0.1) is 0 Å². The molecule has 0 radical (unpaired) electrons. The second kappa shape index (κ2) is 8.04. The Kier molecular flexibility index (Phi) is 5.14. The van der Waals surface area contributed by atoms with Gasteiger partial charge >= 0.3 is 0 Å². The summed E-state index contributed by atoms with van der Waals surface area (Å²) in [4.78, 5) is 54.1. The summed E-state index contributed by atoms with van der Waals surface area (Å²) in [5.74, 6) is -3.38. The third-order valence-corrected chi connectivity index (χ3v) is 6.85. The first-order valence-corrected chi connectivity index (χ1v) is 11.1. The predicted octanol–water partition coefficient (Wildman–Crippen LogP) is 3.38. The number of carbonyl (C=O) groups excluding carboxylic acids is 3. The van der Waals surface area contributed by atoms with Gasteiger partial charge in [0.05, 0.1) is 40.1 Å². The van der Waals surface area contributed by atoms with Crippen LogP contribution in [0, 0.1) is 33.3 Å². The third kappa shape index (κ3) is 3.24. The summed E-state index contributed by atoms with van der Waals surface area (Å²) in [6, 6.07) is 12.4. The molecule has 2 aromatic rings. The lowest BCUT2D eigenvalue weighted by Gasteiger charge is -2.32. The fourth-order valence-electron chi connectivity index (χ4n) is 4.93. The van der Waals surface area contributed by atoms with Gasteiger partial charge in [-0.05, 0) is 30.4 Å². The van der Waals surface area contributed by atoms with Gasteiger partial charge in [0.25, 0.3) is 5.69 Å². The van der Waals surface area contributed by atoms with Gasteiger partial charge in [-0.25, -0.2) is 4.90 Å². The van der Waals surface area contributed by atoms with Gasteiger partial charge in [0.1, 0.15) is 6.04 Å². The van der Waals surface area contributed by atoms with E-state index in [9.17, 15) is 29.8 Å². The van der Waals surface area contributed by atoms with E-state index in [1.54, 1.807) is 41.4 Å². The van der Waals surface area contributed by atoms with Crippen molar-refractivity contribution in [3.8, 4) is 6.07 Å². The molecule has 4 atom stereocenters. The number of imide groups is 1. The molecule has 3 heterocycles. The summed E-state index contributed by atoms with van der Waals surface area (Å²) in [6.07, 6.45) is 4.66. The Morgan fingerprint density at radius 3 is 2.53 bits per heavy atom. The van der Waals surface area contributed by atoms with E-state index in [0.717, 1.165) is 4.90 Å². The van der Waals surface area contributed by atoms with Crippen LogP contribution in [0.4, 0.5) is 11.4 Å². The summed E-state index contributed by atoms with van der Waals surface area (Å²) in [6.45, 7) is 0. The second-order valence-corrected chi connectivity index (χ2v) is 9.06. The lowest BCUT2D eigenvalue weighted by atomic mass is 9.86. The van der Waals surface area contributed by atoms with Gasteiger partial charge in [-0.2, -0.15) is 5.26 Å². The SMILES string of the molecule is N#CC1=C[C@@H]2[C@H]3C(=O)N(c4cccc(Br)c4)C(=O)[C@@H]3[C@H](C(=O)c3cccc([N+](=O)[O-])c3)N2C=C1. The first-order chi connectivity index (χ1) is 16.3. The Morgan fingerprint density at radius 2 is 1.82 bits per heavy atom. The molecule has 0 unspecified atom stereocenters. The summed E-state index contributed by atoms with van der Waals surface area (Å²) in [5, 5.41) is 20.6. The molecule has 10 heteroatoms.